The van der Waals surface area contributed by atoms with Gasteiger partial charge in [0, 0.05) is 0 Å². The highest BCUT2D eigenvalue weighted by Crippen LogP contribution is 2.30. The van der Waals surface area contributed by atoms with Crippen molar-refractivity contribution in [3.8, 4) is 6.07 Å². The van der Waals surface area contributed by atoms with Crippen LogP contribution in [0.1, 0.15) is 11.4 Å². The van der Waals surface area contributed by atoms with Gasteiger partial charge in [0.25, 0.3) is 0 Å². The highest BCUT2D eigenvalue weighted by atomic mass is 19.4. The van der Waals surface area contributed by atoms with Crippen LogP contribution in [0.15, 0.2) is 0 Å². The Labute approximate surface area is 76.4 Å². The van der Waals surface area contributed by atoms with E-state index in [1.54, 1.807) is 0 Å². The maximum absolute atomic E-state index is 12.3. The lowest BCUT2D eigenvalue weighted by atomic mass is 10.3. The van der Waals surface area contributed by atoms with Gasteiger partial charge in [-0.3, -0.25) is 0 Å². The first-order valence-corrected chi connectivity index (χ1v) is 3.48. The first-order valence-electron chi connectivity index (χ1n) is 3.48. The predicted octanol–water partition coefficient (Wildman–Crippen LogP) is 0.313. The van der Waals surface area contributed by atoms with E-state index in [0.717, 1.165) is 0 Å². The fourth-order valence-electron chi connectivity index (χ4n) is 0.943. The van der Waals surface area contributed by atoms with Crippen molar-refractivity contribution in [2.45, 2.75) is 19.3 Å². The Balaban J connectivity index is 3.21. The van der Waals surface area contributed by atoms with Gasteiger partial charge in [-0.1, -0.05) is 5.21 Å². The van der Waals surface area contributed by atoms with Crippen LogP contribution in [-0.2, 0) is 19.3 Å². The van der Waals surface area contributed by atoms with Crippen molar-refractivity contribution in [3.63, 3.8) is 0 Å². The van der Waals surface area contributed by atoms with Gasteiger partial charge in [0.05, 0.1) is 12.7 Å². The summed E-state index contributed by atoms with van der Waals surface area (Å²) in [5, 5.41) is 23.0. The summed E-state index contributed by atoms with van der Waals surface area (Å²) in [6.07, 6.45) is -4.67. The first kappa shape index (κ1) is 10.5. The smallest absolute Gasteiger partial charge is 0.390 e. The van der Waals surface area contributed by atoms with E-state index in [1.807, 2.05) is 0 Å². The molecule has 0 amide bonds. The van der Waals surface area contributed by atoms with Gasteiger partial charge in [0.2, 0.25) is 0 Å². The monoisotopic (exact) mass is 206 g/mol. The van der Waals surface area contributed by atoms with Crippen LogP contribution in [0.2, 0.25) is 0 Å². The average molecular weight is 206 g/mol. The van der Waals surface area contributed by atoms with Crippen molar-refractivity contribution < 1.29 is 18.3 Å². The summed E-state index contributed by atoms with van der Waals surface area (Å²) in [5.74, 6) is 0. The van der Waals surface area contributed by atoms with Gasteiger partial charge >= 0.3 is 6.18 Å². The lowest BCUT2D eigenvalue weighted by Crippen LogP contribution is -2.16. The highest BCUT2D eigenvalue weighted by molar-refractivity contribution is 5.13. The molecule has 0 spiro atoms. The van der Waals surface area contributed by atoms with Gasteiger partial charge < -0.3 is 5.11 Å². The number of nitrogens with zero attached hydrogens (tertiary/aromatic N) is 4. The van der Waals surface area contributed by atoms with Crippen molar-refractivity contribution in [1.29, 1.82) is 5.26 Å². The Kier molecular flexibility index (Phi) is 2.71. The summed E-state index contributed by atoms with van der Waals surface area (Å²) in [6, 6.07) is 1.51. The number of hydrogen-bond donors (Lipinski definition) is 1. The molecule has 0 unspecified atom stereocenters. The predicted molar refractivity (Wildman–Crippen MR) is 36.6 cm³/mol. The highest BCUT2D eigenvalue weighted by Gasteiger charge is 2.38. The molecule has 0 fully saturated rings. The van der Waals surface area contributed by atoms with Crippen LogP contribution in [0, 0.1) is 11.3 Å². The van der Waals surface area contributed by atoms with Crippen molar-refractivity contribution in [3.05, 3.63) is 11.4 Å². The lowest BCUT2D eigenvalue weighted by molar-refractivity contribution is -0.145. The number of aromatic nitrogens is 3. The van der Waals surface area contributed by atoms with E-state index in [9.17, 15) is 13.2 Å². The zero-order chi connectivity index (χ0) is 10.8. The summed E-state index contributed by atoms with van der Waals surface area (Å²) in [4.78, 5) is 0. The molecule has 5 nitrogen and oxygen atoms in total. The number of aliphatic hydroxyl groups excluding tert-OH is 1. The third kappa shape index (κ3) is 1.82. The SMILES string of the molecule is N#CCn1nnc(CO)c1C(F)(F)F. The fourth-order valence-corrected chi connectivity index (χ4v) is 0.943. The van der Waals surface area contributed by atoms with Crippen LogP contribution in [0.25, 0.3) is 0 Å². The number of hydrogen-bond acceptors (Lipinski definition) is 4. The number of alkyl halides is 3. The van der Waals surface area contributed by atoms with E-state index >= 15 is 0 Å². The minimum Gasteiger partial charge on any atom is -0.390 e. The summed E-state index contributed by atoms with van der Waals surface area (Å²) >= 11 is 0. The first-order chi connectivity index (χ1) is 6.50. The number of rotatable bonds is 2. The van der Waals surface area contributed by atoms with Crippen LogP contribution >= 0.6 is 0 Å². The summed E-state index contributed by atoms with van der Waals surface area (Å²) in [5.41, 5.74) is -1.76. The molecule has 0 saturated heterocycles. The normalized spacial score (nSPS) is 11.4. The maximum Gasteiger partial charge on any atom is 0.435 e. The minimum absolute atomic E-state index is 0.408. The molecule has 1 aromatic rings. The van der Waals surface area contributed by atoms with E-state index in [-0.39, 0.29) is 0 Å². The zero-order valence-corrected chi connectivity index (χ0v) is 6.78. The second-order valence-corrected chi connectivity index (χ2v) is 2.36. The zero-order valence-electron chi connectivity index (χ0n) is 6.78. The Morgan fingerprint density at radius 1 is 1.50 bits per heavy atom. The molecule has 1 aromatic heterocycles. The van der Waals surface area contributed by atoms with E-state index < -0.39 is 30.7 Å². The van der Waals surface area contributed by atoms with E-state index in [0.29, 0.717) is 4.68 Å². The molecule has 14 heavy (non-hydrogen) atoms. The second-order valence-electron chi connectivity index (χ2n) is 2.36. The molecular weight excluding hydrogens is 201 g/mol. The van der Waals surface area contributed by atoms with E-state index in [1.165, 1.54) is 6.07 Å². The van der Waals surface area contributed by atoms with Gasteiger partial charge in [-0.05, 0) is 0 Å². The van der Waals surface area contributed by atoms with Crippen molar-refractivity contribution in [2.24, 2.45) is 0 Å². The molecule has 0 aliphatic rings. The Hall–Kier alpha value is -1.62. The second kappa shape index (κ2) is 3.63. The van der Waals surface area contributed by atoms with Crippen LogP contribution in [0.4, 0.5) is 13.2 Å². The number of aliphatic hydroxyl groups is 1. The molecule has 1 heterocycles. The van der Waals surface area contributed by atoms with E-state index in [4.69, 9.17) is 10.4 Å². The molecular formula is C6H5F3N4O. The third-order valence-electron chi connectivity index (χ3n) is 1.44. The molecule has 0 aromatic carbocycles. The largest absolute Gasteiger partial charge is 0.435 e. The molecule has 0 aliphatic heterocycles. The molecule has 1 N–H and O–H groups in total. The summed E-state index contributed by atoms with van der Waals surface area (Å²) in [7, 11) is 0. The van der Waals surface area contributed by atoms with Crippen molar-refractivity contribution in [1.82, 2.24) is 15.0 Å². The Bertz CT molecular complexity index is 364. The molecule has 8 heteroatoms. The molecule has 1 rings (SSSR count). The topological polar surface area (TPSA) is 74.7 Å². The van der Waals surface area contributed by atoms with Gasteiger partial charge in [-0.2, -0.15) is 18.4 Å². The fraction of sp³-hybridized carbons (Fsp3) is 0.500. The van der Waals surface area contributed by atoms with Gasteiger partial charge in [-0.25, -0.2) is 4.68 Å². The number of nitriles is 1. The Morgan fingerprint density at radius 2 is 2.14 bits per heavy atom. The van der Waals surface area contributed by atoms with Crippen LogP contribution < -0.4 is 0 Å². The maximum atomic E-state index is 12.3. The Morgan fingerprint density at radius 3 is 2.57 bits per heavy atom. The van der Waals surface area contributed by atoms with Crippen molar-refractivity contribution in [2.75, 3.05) is 0 Å². The number of halogens is 3. The molecule has 76 valence electrons. The molecule has 0 saturated carbocycles. The molecule has 0 atom stereocenters. The van der Waals surface area contributed by atoms with Gasteiger partial charge in [0.15, 0.2) is 5.69 Å². The van der Waals surface area contributed by atoms with Gasteiger partial charge in [-0.15, -0.1) is 5.10 Å². The quantitative estimate of drug-likeness (QED) is 0.755. The lowest BCUT2D eigenvalue weighted by Gasteiger charge is -2.07. The minimum atomic E-state index is -4.67. The van der Waals surface area contributed by atoms with Crippen molar-refractivity contribution >= 4 is 0 Å². The molecule has 0 bridgehead atoms. The summed E-state index contributed by atoms with van der Waals surface area (Å²) < 4.78 is 37.4. The van der Waals surface area contributed by atoms with Crippen LogP contribution in [-0.4, -0.2) is 20.1 Å². The standard InChI is InChI=1S/C6H5F3N4O/c7-6(8,9)5-4(3-14)11-12-13(5)2-1-10/h14H,2-3H2. The molecule has 0 aliphatic carbocycles. The van der Waals surface area contributed by atoms with E-state index in [2.05, 4.69) is 10.3 Å². The van der Waals surface area contributed by atoms with Crippen LogP contribution in [0.3, 0.4) is 0 Å². The average Bonchev–Trinajstić information content (AvgIpc) is 2.47. The van der Waals surface area contributed by atoms with Crippen LogP contribution in [0.5, 0.6) is 0 Å². The van der Waals surface area contributed by atoms with Gasteiger partial charge in [0.1, 0.15) is 12.2 Å². The molecule has 0 radical (unpaired) electrons. The summed E-state index contributed by atoms with van der Waals surface area (Å²) in [6.45, 7) is -1.41. The third-order valence-corrected chi connectivity index (χ3v) is 1.44.